The van der Waals surface area contributed by atoms with E-state index in [-0.39, 0.29) is 11.8 Å². The van der Waals surface area contributed by atoms with Gasteiger partial charge in [0.1, 0.15) is 6.61 Å². The Morgan fingerprint density at radius 3 is 2.96 bits per heavy atom. The molecule has 1 aromatic heterocycles. The minimum Gasteiger partial charge on any atom is -0.449 e. The Labute approximate surface area is 158 Å². The maximum atomic E-state index is 11.9. The van der Waals surface area contributed by atoms with Gasteiger partial charge in [0.15, 0.2) is 0 Å². The van der Waals surface area contributed by atoms with Crippen LogP contribution >= 0.6 is 0 Å². The quantitative estimate of drug-likeness (QED) is 0.905. The largest absolute Gasteiger partial charge is 0.449 e. The molecule has 2 amide bonds. The normalized spacial score (nSPS) is 18.6. The van der Waals surface area contributed by atoms with Crippen molar-refractivity contribution in [2.45, 2.75) is 38.0 Å². The number of carbonyl (C=O) groups is 2. The van der Waals surface area contributed by atoms with Crippen LogP contribution in [0.5, 0.6) is 0 Å². The molecule has 2 aliphatic rings. The molecule has 2 aromatic rings. The second-order valence-electron chi connectivity index (χ2n) is 7.27. The molecule has 4 rings (SSSR count). The molecule has 0 bridgehead atoms. The highest BCUT2D eigenvalue weighted by atomic mass is 16.5. The molecule has 6 nitrogen and oxygen atoms in total. The summed E-state index contributed by atoms with van der Waals surface area (Å²) in [7, 11) is 1.83. The number of aromatic nitrogens is 1. The lowest BCUT2D eigenvalue weighted by atomic mass is 9.81. The Bertz CT molecular complexity index is 910. The zero-order chi connectivity index (χ0) is 19.0. The van der Waals surface area contributed by atoms with Crippen molar-refractivity contribution >= 4 is 17.7 Å². The smallest absolute Gasteiger partial charge is 0.404 e. The molecule has 1 unspecified atom stereocenters. The molecule has 140 valence electrons. The van der Waals surface area contributed by atoms with Gasteiger partial charge in [-0.05, 0) is 60.1 Å². The average molecular weight is 365 g/mol. The number of carbonyl (C=O) groups excluding carboxylic acids is 2. The molecular weight excluding hydrogens is 342 g/mol. The third-order valence-corrected chi connectivity index (χ3v) is 5.67. The molecule has 1 aromatic carbocycles. The third-order valence-electron chi connectivity index (χ3n) is 5.67. The fourth-order valence-electron chi connectivity index (χ4n) is 4.24. The number of hydrogen-bond acceptors (Lipinski definition) is 4. The van der Waals surface area contributed by atoms with Crippen molar-refractivity contribution in [3.05, 3.63) is 47.3 Å². The van der Waals surface area contributed by atoms with Gasteiger partial charge < -0.3 is 15.4 Å². The summed E-state index contributed by atoms with van der Waals surface area (Å²) in [6.45, 7) is 0.296. The first-order valence-electron chi connectivity index (χ1n) is 9.33. The number of ether oxygens (including phenoxy) is 1. The van der Waals surface area contributed by atoms with Gasteiger partial charge in [-0.25, -0.2) is 4.79 Å². The lowest BCUT2D eigenvalue weighted by Crippen LogP contribution is -2.31. The van der Waals surface area contributed by atoms with Gasteiger partial charge in [-0.1, -0.05) is 6.07 Å². The van der Waals surface area contributed by atoms with E-state index >= 15 is 0 Å². The Hall–Kier alpha value is -2.89. The summed E-state index contributed by atoms with van der Waals surface area (Å²) >= 11 is 0. The predicted molar refractivity (Wildman–Crippen MR) is 103 cm³/mol. The van der Waals surface area contributed by atoms with Gasteiger partial charge in [0.05, 0.1) is 0 Å². The van der Waals surface area contributed by atoms with E-state index < -0.39 is 6.09 Å². The number of fused-ring (bicyclic) bond motifs is 2. The summed E-state index contributed by atoms with van der Waals surface area (Å²) < 4.78 is 5.05. The number of hydrogen-bond donors (Lipinski definition) is 1. The van der Waals surface area contributed by atoms with Crippen LogP contribution < -0.4 is 10.6 Å². The van der Waals surface area contributed by atoms with E-state index in [9.17, 15) is 9.59 Å². The minimum absolute atomic E-state index is 0.134. The molecular formula is C21H23N3O3. The van der Waals surface area contributed by atoms with E-state index in [1.807, 2.05) is 25.5 Å². The summed E-state index contributed by atoms with van der Waals surface area (Å²) in [6.07, 6.45) is 7.36. The molecule has 0 radical (unpaired) electrons. The van der Waals surface area contributed by atoms with Crippen molar-refractivity contribution < 1.29 is 14.3 Å². The Morgan fingerprint density at radius 2 is 2.15 bits per heavy atom. The van der Waals surface area contributed by atoms with Crippen LogP contribution in [0.25, 0.3) is 11.1 Å². The van der Waals surface area contributed by atoms with Gasteiger partial charge in [0, 0.05) is 43.0 Å². The fraction of sp³-hybridized carbons (Fsp3) is 0.381. The standard InChI is InChI=1S/C21H23N3O3/c1-24-19-7-5-13(9-14(19)6-8-20(24)25)17-10-23-11-18-15(12-27-21(22)26)3-2-4-16(17)18/h5,7,9-11,15H,2-4,6,8,12H2,1H3,(H2,22,26). The SMILES string of the molecule is CN1C(=O)CCc2cc(-c3cncc4c3CCCC4COC(N)=O)ccc21. The van der Waals surface area contributed by atoms with Crippen molar-refractivity contribution in [2.75, 3.05) is 18.6 Å². The van der Waals surface area contributed by atoms with Crippen LogP contribution in [0.15, 0.2) is 30.6 Å². The van der Waals surface area contributed by atoms with Crippen molar-refractivity contribution in [3.63, 3.8) is 0 Å². The van der Waals surface area contributed by atoms with Crippen molar-refractivity contribution in [2.24, 2.45) is 5.73 Å². The van der Waals surface area contributed by atoms with E-state index in [1.54, 1.807) is 4.90 Å². The molecule has 27 heavy (non-hydrogen) atoms. The Balaban J connectivity index is 1.70. The van der Waals surface area contributed by atoms with E-state index in [4.69, 9.17) is 10.5 Å². The molecule has 0 saturated heterocycles. The molecule has 0 spiro atoms. The van der Waals surface area contributed by atoms with Gasteiger partial charge in [0.2, 0.25) is 5.91 Å². The van der Waals surface area contributed by atoms with Gasteiger partial charge in [-0.3, -0.25) is 9.78 Å². The maximum Gasteiger partial charge on any atom is 0.404 e. The number of pyridine rings is 1. The number of amides is 2. The minimum atomic E-state index is -0.736. The summed E-state index contributed by atoms with van der Waals surface area (Å²) in [6, 6.07) is 6.27. The van der Waals surface area contributed by atoms with E-state index in [2.05, 4.69) is 17.1 Å². The summed E-state index contributed by atoms with van der Waals surface area (Å²) in [4.78, 5) is 29.1. The first-order valence-corrected chi connectivity index (χ1v) is 9.33. The van der Waals surface area contributed by atoms with Gasteiger partial charge >= 0.3 is 6.09 Å². The maximum absolute atomic E-state index is 11.9. The fourth-order valence-corrected chi connectivity index (χ4v) is 4.24. The molecule has 6 heteroatoms. The van der Waals surface area contributed by atoms with Crippen LogP contribution in [0, 0.1) is 0 Å². The van der Waals surface area contributed by atoms with Gasteiger partial charge in [0.25, 0.3) is 0 Å². The Morgan fingerprint density at radius 1 is 1.30 bits per heavy atom. The third kappa shape index (κ3) is 3.27. The lowest BCUT2D eigenvalue weighted by molar-refractivity contribution is -0.118. The highest BCUT2D eigenvalue weighted by Gasteiger charge is 2.26. The van der Waals surface area contributed by atoms with Crippen molar-refractivity contribution in [1.82, 2.24) is 4.98 Å². The van der Waals surface area contributed by atoms with Gasteiger partial charge in [-0.2, -0.15) is 0 Å². The summed E-state index contributed by atoms with van der Waals surface area (Å²) in [5.74, 6) is 0.293. The first kappa shape index (κ1) is 17.5. The average Bonchev–Trinajstić information content (AvgIpc) is 2.68. The molecule has 0 saturated carbocycles. The number of rotatable bonds is 3. The van der Waals surface area contributed by atoms with Crippen LogP contribution in [0.4, 0.5) is 10.5 Å². The molecule has 1 aliphatic carbocycles. The molecule has 1 atom stereocenters. The molecule has 2 N–H and O–H groups in total. The highest BCUT2D eigenvalue weighted by Crippen LogP contribution is 2.38. The second kappa shape index (κ2) is 7.02. The first-order chi connectivity index (χ1) is 13.0. The van der Waals surface area contributed by atoms with E-state index in [1.165, 1.54) is 11.1 Å². The second-order valence-corrected chi connectivity index (χ2v) is 7.27. The van der Waals surface area contributed by atoms with Crippen LogP contribution in [0.1, 0.15) is 41.9 Å². The highest BCUT2D eigenvalue weighted by molar-refractivity contribution is 5.96. The number of nitrogens with two attached hydrogens (primary N) is 1. The van der Waals surface area contributed by atoms with Crippen molar-refractivity contribution in [1.29, 1.82) is 0 Å². The summed E-state index contributed by atoms with van der Waals surface area (Å²) in [5.41, 5.74) is 12.0. The molecule has 2 heterocycles. The summed E-state index contributed by atoms with van der Waals surface area (Å²) in [5, 5.41) is 0. The Kier molecular flexibility index (Phi) is 4.56. The van der Waals surface area contributed by atoms with Crippen LogP contribution in [0.3, 0.4) is 0 Å². The van der Waals surface area contributed by atoms with Crippen LogP contribution in [-0.2, 0) is 22.4 Å². The van der Waals surface area contributed by atoms with E-state index in [0.717, 1.165) is 48.1 Å². The number of aryl methyl sites for hydroxylation is 1. The van der Waals surface area contributed by atoms with Crippen LogP contribution in [-0.4, -0.2) is 30.6 Å². The number of primary amides is 1. The predicted octanol–water partition coefficient (Wildman–Crippen LogP) is 3.17. The zero-order valence-corrected chi connectivity index (χ0v) is 15.4. The molecule has 0 fully saturated rings. The van der Waals surface area contributed by atoms with Crippen molar-refractivity contribution in [3.8, 4) is 11.1 Å². The number of anilines is 1. The number of nitrogens with zero attached hydrogens (tertiary/aromatic N) is 2. The monoisotopic (exact) mass is 365 g/mol. The van der Waals surface area contributed by atoms with Crippen LogP contribution in [0.2, 0.25) is 0 Å². The topological polar surface area (TPSA) is 85.5 Å². The number of benzene rings is 1. The molecule has 1 aliphatic heterocycles. The zero-order valence-electron chi connectivity index (χ0n) is 15.4. The lowest BCUT2D eigenvalue weighted by Gasteiger charge is -2.28. The van der Waals surface area contributed by atoms with Gasteiger partial charge in [-0.15, -0.1) is 0 Å². The van der Waals surface area contributed by atoms with E-state index in [0.29, 0.717) is 13.0 Å².